The second-order valence-electron chi connectivity index (χ2n) is 5.60. The summed E-state index contributed by atoms with van der Waals surface area (Å²) in [6, 6.07) is 15.6. The minimum absolute atomic E-state index is 0.496. The zero-order valence-electron chi connectivity index (χ0n) is 15.1. The third-order valence-electron chi connectivity index (χ3n) is 3.96. The molecule has 6 nitrogen and oxygen atoms in total. The second-order valence-corrected chi connectivity index (χ2v) is 5.60. The summed E-state index contributed by atoms with van der Waals surface area (Å²) in [5.74, 6) is 2.54. The van der Waals surface area contributed by atoms with Gasteiger partial charge in [-0.3, -0.25) is 0 Å². The van der Waals surface area contributed by atoms with Crippen LogP contribution in [0.4, 0.5) is 23.1 Å². The van der Waals surface area contributed by atoms with Gasteiger partial charge in [0, 0.05) is 23.6 Å². The van der Waals surface area contributed by atoms with Crippen molar-refractivity contribution in [3.8, 4) is 11.5 Å². The summed E-state index contributed by atoms with van der Waals surface area (Å²) in [6.45, 7) is 2.13. The summed E-state index contributed by atoms with van der Waals surface area (Å²) in [5, 5.41) is 6.54. The van der Waals surface area contributed by atoms with E-state index in [0.29, 0.717) is 17.4 Å². The van der Waals surface area contributed by atoms with E-state index in [4.69, 9.17) is 9.47 Å². The van der Waals surface area contributed by atoms with Crippen molar-refractivity contribution in [2.75, 3.05) is 24.9 Å². The molecule has 134 valence electrons. The minimum atomic E-state index is 0.496. The topological polar surface area (TPSA) is 68.3 Å². The van der Waals surface area contributed by atoms with Crippen molar-refractivity contribution >= 4 is 23.1 Å². The molecule has 0 saturated carbocycles. The number of benzene rings is 2. The highest BCUT2D eigenvalue weighted by molar-refractivity contribution is 5.63. The quantitative estimate of drug-likeness (QED) is 0.652. The third-order valence-corrected chi connectivity index (χ3v) is 3.96. The van der Waals surface area contributed by atoms with Crippen molar-refractivity contribution in [2.24, 2.45) is 0 Å². The highest BCUT2D eigenvalue weighted by Crippen LogP contribution is 2.30. The fourth-order valence-corrected chi connectivity index (χ4v) is 2.62. The number of hydrogen-bond acceptors (Lipinski definition) is 6. The summed E-state index contributed by atoms with van der Waals surface area (Å²) in [5.41, 5.74) is 3.10. The molecular weight excluding hydrogens is 328 g/mol. The van der Waals surface area contributed by atoms with Crippen LogP contribution in [-0.2, 0) is 6.42 Å². The van der Waals surface area contributed by atoms with Gasteiger partial charge in [0.25, 0.3) is 0 Å². The van der Waals surface area contributed by atoms with Gasteiger partial charge in [0.1, 0.15) is 5.82 Å². The Morgan fingerprint density at radius 1 is 0.923 bits per heavy atom. The van der Waals surface area contributed by atoms with E-state index in [-0.39, 0.29) is 0 Å². The van der Waals surface area contributed by atoms with Crippen LogP contribution < -0.4 is 20.1 Å². The van der Waals surface area contributed by atoms with Gasteiger partial charge >= 0.3 is 0 Å². The predicted octanol–water partition coefficient (Wildman–Crippen LogP) is 4.54. The van der Waals surface area contributed by atoms with Crippen LogP contribution in [0.2, 0.25) is 0 Å². The average Bonchev–Trinajstić information content (AvgIpc) is 2.68. The first-order valence-corrected chi connectivity index (χ1v) is 8.40. The van der Waals surface area contributed by atoms with Gasteiger partial charge < -0.3 is 20.1 Å². The molecule has 0 aliphatic heterocycles. The lowest BCUT2D eigenvalue weighted by Gasteiger charge is -2.12. The van der Waals surface area contributed by atoms with Crippen LogP contribution in [0.5, 0.6) is 11.5 Å². The van der Waals surface area contributed by atoms with E-state index < -0.39 is 0 Å². The predicted molar refractivity (Wildman–Crippen MR) is 104 cm³/mol. The molecule has 0 amide bonds. The van der Waals surface area contributed by atoms with Crippen LogP contribution >= 0.6 is 0 Å². The number of aromatic nitrogens is 2. The number of nitrogens with zero attached hydrogens (tertiary/aromatic N) is 2. The molecule has 1 aromatic heterocycles. The van der Waals surface area contributed by atoms with Gasteiger partial charge in [-0.25, -0.2) is 4.98 Å². The van der Waals surface area contributed by atoms with Crippen LogP contribution in [0.25, 0.3) is 0 Å². The molecule has 0 atom stereocenters. The molecule has 0 unspecified atom stereocenters. The first-order chi connectivity index (χ1) is 12.7. The molecule has 0 aliphatic carbocycles. The number of anilines is 4. The summed E-state index contributed by atoms with van der Waals surface area (Å²) in [6.07, 6.45) is 2.66. The van der Waals surface area contributed by atoms with Gasteiger partial charge in [0.2, 0.25) is 5.95 Å². The van der Waals surface area contributed by atoms with E-state index in [1.165, 1.54) is 5.56 Å². The highest BCUT2D eigenvalue weighted by atomic mass is 16.5. The Kier molecular flexibility index (Phi) is 5.53. The molecule has 1 heterocycles. The average molecular weight is 350 g/mol. The lowest BCUT2D eigenvalue weighted by molar-refractivity contribution is 0.355. The molecule has 0 fully saturated rings. The molecule has 0 aliphatic rings. The zero-order valence-corrected chi connectivity index (χ0v) is 15.1. The van der Waals surface area contributed by atoms with Crippen molar-refractivity contribution in [3.63, 3.8) is 0 Å². The van der Waals surface area contributed by atoms with E-state index in [2.05, 4.69) is 33.6 Å². The molecule has 2 N–H and O–H groups in total. The van der Waals surface area contributed by atoms with Crippen molar-refractivity contribution < 1.29 is 9.47 Å². The van der Waals surface area contributed by atoms with E-state index in [1.807, 2.05) is 42.5 Å². The number of nitrogens with one attached hydrogen (secondary N) is 2. The van der Waals surface area contributed by atoms with Crippen molar-refractivity contribution in [1.29, 1.82) is 0 Å². The van der Waals surface area contributed by atoms with Gasteiger partial charge in [-0.1, -0.05) is 25.1 Å². The van der Waals surface area contributed by atoms with E-state index >= 15 is 0 Å². The molecule has 0 saturated heterocycles. The van der Waals surface area contributed by atoms with Crippen molar-refractivity contribution in [1.82, 2.24) is 9.97 Å². The SMILES string of the molecule is CCc1ccccc1Nc1ccnc(Nc2ccc(OC)c(OC)c2)n1. The van der Waals surface area contributed by atoms with E-state index in [9.17, 15) is 0 Å². The van der Waals surface area contributed by atoms with Crippen molar-refractivity contribution in [3.05, 3.63) is 60.3 Å². The minimum Gasteiger partial charge on any atom is -0.493 e. The molecule has 2 aromatic carbocycles. The molecule has 0 radical (unpaired) electrons. The maximum Gasteiger partial charge on any atom is 0.229 e. The Bertz CT molecular complexity index is 883. The normalized spacial score (nSPS) is 10.3. The van der Waals surface area contributed by atoms with Gasteiger partial charge in [0.05, 0.1) is 14.2 Å². The number of rotatable bonds is 7. The van der Waals surface area contributed by atoms with Crippen molar-refractivity contribution in [2.45, 2.75) is 13.3 Å². The maximum atomic E-state index is 5.32. The van der Waals surface area contributed by atoms with Crippen LogP contribution in [-0.4, -0.2) is 24.2 Å². The summed E-state index contributed by atoms with van der Waals surface area (Å²) in [4.78, 5) is 8.81. The largest absolute Gasteiger partial charge is 0.493 e. The van der Waals surface area contributed by atoms with Gasteiger partial charge in [-0.2, -0.15) is 4.98 Å². The number of aryl methyl sites for hydroxylation is 1. The highest BCUT2D eigenvalue weighted by Gasteiger charge is 2.07. The number of hydrogen-bond donors (Lipinski definition) is 2. The van der Waals surface area contributed by atoms with Crippen LogP contribution in [0.1, 0.15) is 12.5 Å². The van der Waals surface area contributed by atoms with Gasteiger partial charge in [-0.15, -0.1) is 0 Å². The second kappa shape index (κ2) is 8.20. The molecule has 0 bridgehead atoms. The lowest BCUT2D eigenvalue weighted by atomic mass is 10.1. The Morgan fingerprint density at radius 3 is 2.50 bits per heavy atom. The van der Waals surface area contributed by atoms with E-state index in [0.717, 1.165) is 23.6 Å². The standard InChI is InChI=1S/C20H22N4O2/c1-4-14-7-5-6-8-16(14)23-19-11-12-21-20(24-19)22-15-9-10-17(25-2)18(13-15)26-3/h5-13H,4H2,1-3H3,(H2,21,22,23,24). The first kappa shape index (κ1) is 17.5. The maximum absolute atomic E-state index is 5.32. The Morgan fingerprint density at radius 2 is 1.73 bits per heavy atom. The number of ether oxygens (including phenoxy) is 2. The molecule has 0 spiro atoms. The first-order valence-electron chi connectivity index (χ1n) is 8.40. The number of methoxy groups -OCH3 is 2. The zero-order chi connectivity index (χ0) is 18.4. The third kappa shape index (κ3) is 4.03. The molecule has 26 heavy (non-hydrogen) atoms. The summed E-state index contributed by atoms with van der Waals surface area (Å²) in [7, 11) is 3.21. The van der Waals surface area contributed by atoms with Crippen LogP contribution in [0.3, 0.4) is 0 Å². The smallest absolute Gasteiger partial charge is 0.229 e. The Balaban J connectivity index is 1.79. The molecule has 3 rings (SSSR count). The summed E-state index contributed by atoms with van der Waals surface area (Å²) < 4.78 is 10.6. The monoisotopic (exact) mass is 350 g/mol. The Labute approximate surface area is 153 Å². The van der Waals surface area contributed by atoms with E-state index in [1.54, 1.807) is 20.4 Å². The molecule has 6 heteroatoms. The van der Waals surface area contributed by atoms with Crippen LogP contribution in [0, 0.1) is 0 Å². The van der Waals surface area contributed by atoms with Gasteiger partial charge in [-0.05, 0) is 36.2 Å². The fourth-order valence-electron chi connectivity index (χ4n) is 2.62. The molecular formula is C20H22N4O2. The molecule has 3 aromatic rings. The fraction of sp³-hybridized carbons (Fsp3) is 0.200. The van der Waals surface area contributed by atoms with Gasteiger partial charge in [0.15, 0.2) is 11.5 Å². The van der Waals surface area contributed by atoms with Crippen LogP contribution in [0.15, 0.2) is 54.7 Å². The number of para-hydroxylation sites is 1. The Hall–Kier alpha value is -3.28. The lowest BCUT2D eigenvalue weighted by Crippen LogP contribution is -2.02. The summed E-state index contributed by atoms with van der Waals surface area (Å²) >= 11 is 0.